The summed E-state index contributed by atoms with van der Waals surface area (Å²) in [5, 5.41) is 0. The molecule has 0 amide bonds. The highest BCUT2D eigenvalue weighted by molar-refractivity contribution is 5.28. The van der Waals surface area contributed by atoms with E-state index in [9.17, 15) is 0 Å². The summed E-state index contributed by atoms with van der Waals surface area (Å²) < 4.78 is 5.35. The Morgan fingerprint density at radius 1 is 1.14 bits per heavy atom. The lowest BCUT2D eigenvalue weighted by atomic mass is 9.79. The molecule has 1 spiro atoms. The molecule has 1 aromatic rings. The van der Waals surface area contributed by atoms with E-state index in [1.807, 2.05) is 6.07 Å². The first-order valence-electron chi connectivity index (χ1n) is 8.81. The first kappa shape index (κ1) is 15.8. The Morgan fingerprint density at radius 2 is 2.00 bits per heavy atom. The Bertz CT molecular complexity index is 490. The maximum atomic E-state index is 5.35. The Balaban J connectivity index is 1.61. The van der Waals surface area contributed by atoms with Crippen LogP contribution in [0.25, 0.3) is 0 Å². The highest BCUT2D eigenvalue weighted by Gasteiger charge is 2.40. The Morgan fingerprint density at radius 3 is 2.82 bits per heavy atom. The smallest absolute Gasteiger partial charge is 0.119 e. The van der Waals surface area contributed by atoms with Crippen molar-refractivity contribution >= 4 is 0 Å². The zero-order valence-electron chi connectivity index (χ0n) is 14.2. The van der Waals surface area contributed by atoms with Crippen molar-refractivity contribution in [3.05, 3.63) is 29.8 Å². The number of likely N-dealkylation sites (tertiary alicyclic amines) is 2. The molecule has 2 aliphatic heterocycles. The summed E-state index contributed by atoms with van der Waals surface area (Å²) >= 11 is 0. The molecule has 3 rings (SSSR count). The normalized spacial score (nSPS) is 26.6. The van der Waals surface area contributed by atoms with Crippen molar-refractivity contribution in [2.24, 2.45) is 5.41 Å². The predicted octanol–water partition coefficient (Wildman–Crippen LogP) is 3.39. The van der Waals surface area contributed by atoms with Crippen molar-refractivity contribution in [1.29, 1.82) is 0 Å². The van der Waals surface area contributed by atoms with Gasteiger partial charge in [-0.15, -0.1) is 0 Å². The van der Waals surface area contributed by atoms with E-state index in [1.165, 1.54) is 64.0 Å². The highest BCUT2D eigenvalue weighted by atomic mass is 16.5. The molecule has 3 heteroatoms. The number of piperidine rings is 1. The van der Waals surface area contributed by atoms with Crippen LogP contribution in [0.2, 0.25) is 0 Å². The lowest BCUT2D eigenvalue weighted by molar-refractivity contribution is 0.0874. The monoisotopic (exact) mass is 302 g/mol. The van der Waals surface area contributed by atoms with Gasteiger partial charge in [-0.2, -0.15) is 0 Å². The molecule has 3 nitrogen and oxygen atoms in total. The van der Waals surface area contributed by atoms with E-state index in [-0.39, 0.29) is 0 Å². The van der Waals surface area contributed by atoms with Crippen LogP contribution < -0.4 is 4.74 Å². The molecule has 2 aliphatic rings. The van der Waals surface area contributed by atoms with Gasteiger partial charge in [0.25, 0.3) is 0 Å². The van der Waals surface area contributed by atoms with Crippen LogP contribution in [0.1, 0.15) is 38.2 Å². The van der Waals surface area contributed by atoms with Crippen LogP contribution >= 0.6 is 0 Å². The number of methoxy groups -OCH3 is 1. The molecule has 1 atom stereocenters. The van der Waals surface area contributed by atoms with E-state index < -0.39 is 0 Å². The lowest BCUT2D eigenvalue weighted by Crippen LogP contribution is -2.44. The fourth-order valence-electron chi connectivity index (χ4n) is 4.34. The number of hydrogen-bond donors (Lipinski definition) is 0. The third kappa shape index (κ3) is 3.64. The highest BCUT2D eigenvalue weighted by Crippen LogP contribution is 2.39. The fourth-order valence-corrected chi connectivity index (χ4v) is 4.34. The molecule has 0 radical (unpaired) electrons. The third-order valence-electron chi connectivity index (χ3n) is 5.34. The summed E-state index contributed by atoms with van der Waals surface area (Å²) in [7, 11) is 1.75. The standard InChI is InChI=1S/C19H30N2O/c1-3-10-20-12-9-19(15-20)8-5-11-21(16-19)14-17-6-4-7-18(13-17)22-2/h4,6-7,13H,3,5,8-12,14-16H2,1-2H3/t19-/m1/s1. The SMILES string of the molecule is CCCN1CC[C@]2(CCCN(Cc3cccc(OC)c3)C2)C1. The zero-order chi connectivity index (χ0) is 15.4. The molecule has 2 saturated heterocycles. The van der Waals surface area contributed by atoms with Crippen LogP contribution in [0, 0.1) is 5.41 Å². The van der Waals surface area contributed by atoms with Crippen LogP contribution in [0.4, 0.5) is 0 Å². The maximum Gasteiger partial charge on any atom is 0.119 e. The summed E-state index contributed by atoms with van der Waals surface area (Å²) in [6.45, 7) is 9.76. The van der Waals surface area contributed by atoms with Crippen molar-refractivity contribution in [3.63, 3.8) is 0 Å². The van der Waals surface area contributed by atoms with Gasteiger partial charge >= 0.3 is 0 Å². The van der Waals surface area contributed by atoms with Gasteiger partial charge in [-0.1, -0.05) is 19.1 Å². The second-order valence-electron chi connectivity index (χ2n) is 7.19. The Kier molecular flexibility index (Phi) is 5.04. The summed E-state index contributed by atoms with van der Waals surface area (Å²) in [5.41, 5.74) is 1.94. The van der Waals surface area contributed by atoms with Gasteiger partial charge in [-0.3, -0.25) is 4.90 Å². The summed E-state index contributed by atoms with van der Waals surface area (Å²) in [6.07, 6.45) is 5.44. The largest absolute Gasteiger partial charge is 0.497 e. The molecule has 2 fully saturated rings. The zero-order valence-corrected chi connectivity index (χ0v) is 14.2. The Labute approximate surface area is 135 Å². The minimum absolute atomic E-state index is 0.562. The van der Waals surface area contributed by atoms with E-state index in [4.69, 9.17) is 4.74 Å². The number of rotatable bonds is 5. The minimum Gasteiger partial charge on any atom is -0.497 e. The van der Waals surface area contributed by atoms with E-state index in [0.717, 1.165) is 12.3 Å². The van der Waals surface area contributed by atoms with Crippen molar-refractivity contribution in [3.8, 4) is 5.75 Å². The second kappa shape index (κ2) is 7.01. The number of benzene rings is 1. The molecule has 0 saturated carbocycles. The van der Waals surface area contributed by atoms with Crippen molar-refractivity contribution in [2.45, 2.75) is 39.2 Å². The van der Waals surface area contributed by atoms with Crippen LogP contribution in [0.3, 0.4) is 0 Å². The average molecular weight is 302 g/mol. The predicted molar refractivity (Wildman–Crippen MR) is 91.3 cm³/mol. The van der Waals surface area contributed by atoms with Crippen LogP contribution in [0.15, 0.2) is 24.3 Å². The van der Waals surface area contributed by atoms with Gasteiger partial charge < -0.3 is 9.64 Å². The fraction of sp³-hybridized carbons (Fsp3) is 0.684. The van der Waals surface area contributed by atoms with Crippen LogP contribution in [0.5, 0.6) is 5.75 Å². The molecule has 122 valence electrons. The first-order chi connectivity index (χ1) is 10.7. The quantitative estimate of drug-likeness (QED) is 0.829. The van der Waals surface area contributed by atoms with Crippen molar-refractivity contribution < 1.29 is 4.74 Å². The number of hydrogen-bond acceptors (Lipinski definition) is 3. The van der Waals surface area contributed by atoms with E-state index >= 15 is 0 Å². The van der Waals surface area contributed by atoms with Crippen LogP contribution in [-0.4, -0.2) is 49.6 Å². The molecule has 0 aromatic heterocycles. The topological polar surface area (TPSA) is 15.7 Å². The molecule has 22 heavy (non-hydrogen) atoms. The molecule has 0 aliphatic carbocycles. The van der Waals surface area contributed by atoms with E-state index in [0.29, 0.717) is 5.41 Å². The second-order valence-corrected chi connectivity index (χ2v) is 7.19. The molecular weight excluding hydrogens is 272 g/mol. The summed E-state index contributed by atoms with van der Waals surface area (Å²) in [4.78, 5) is 5.34. The third-order valence-corrected chi connectivity index (χ3v) is 5.34. The van der Waals surface area contributed by atoms with Gasteiger partial charge in [0.1, 0.15) is 5.75 Å². The van der Waals surface area contributed by atoms with Crippen molar-refractivity contribution in [1.82, 2.24) is 9.80 Å². The minimum atomic E-state index is 0.562. The first-order valence-corrected chi connectivity index (χ1v) is 8.81. The molecule has 1 aromatic carbocycles. The number of ether oxygens (including phenoxy) is 1. The van der Waals surface area contributed by atoms with Crippen molar-refractivity contribution in [2.75, 3.05) is 39.8 Å². The van der Waals surface area contributed by atoms with Gasteiger partial charge in [0.15, 0.2) is 0 Å². The lowest BCUT2D eigenvalue weighted by Gasteiger charge is -2.40. The summed E-state index contributed by atoms with van der Waals surface area (Å²) in [6, 6.07) is 8.54. The van der Waals surface area contributed by atoms with E-state index in [2.05, 4.69) is 34.9 Å². The van der Waals surface area contributed by atoms with Crippen LogP contribution in [-0.2, 0) is 6.54 Å². The molecular formula is C19H30N2O. The van der Waals surface area contributed by atoms with Gasteiger partial charge in [0.2, 0.25) is 0 Å². The molecule has 0 N–H and O–H groups in total. The van der Waals surface area contributed by atoms with Gasteiger partial charge in [-0.25, -0.2) is 0 Å². The van der Waals surface area contributed by atoms with Gasteiger partial charge in [0, 0.05) is 19.6 Å². The molecule has 0 unspecified atom stereocenters. The molecule has 0 bridgehead atoms. The maximum absolute atomic E-state index is 5.35. The summed E-state index contributed by atoms with van der Waals surface area (Å²) in [5.74, 6) is 0.971. The number of nitrogens with zero attached hydrogens (tertiary/aromatic N) is 2. The Hall–Kier alpha value is -1.06. The molecule has 2 heterocycles. The van der Waals surface area contributed by atoms with E-state index in [1.54, 1.807) is 7.11 Å². The van der Waals surface area contributed by atoms with Gasteiger partial charge in [0.05, 0.1) is 7.11 Å². The average Bonchev–Trinajstić information content (AvgIpc) is 2.90. The van der Waals surface area contributed by atoms with Gasteiger partial charge in [-0.05, 0) is 68.4 Å².